The smallest absolute Gasteiger partial charge is 0.419 e. The number of nitrogens with zero attached hydrogens (tertiary/aromatic N) is 2. The lowest BCUT2D eigenvalue weighted by Gasteiger charge is -2.31. The topological polar surface area (TPSA) is 213 Å². The maximum absolute atomic E-state index is 14.4. The van der Waals surface area contributed by atoms with E-state index >= 15 is 0 Å². The molecule has 3 atom stereocenters. The van der Waals surface area contributed by atoms with Gasteiger partial charge in [0.2, 0.25) is 18.2 Å². The van der Waals surface area contributed by atoms with Crippen molar-refractivity contribution in [1.29, 1.82) is 0 Å². The number of unbranched alkanes of at least 4 members (excludes halogenated alkanes) is 1. The molecular formula is C42H64N6O11. The molecule has 0 bridgehead atoms. The van der Waals surface area contributed by atoms with Gasteiger partial charge in [0.05, 0.1) is 5.52 Å². The highest BCUT2D eigenvalue weighted by Gasteiger charge is 2.35. The lowest BCUT2D eigenvalue weighted by Crippen LogP contribution is -2.56. The first-order valence-corrected chi connectivity index (χ1v) is 19.8. The van der Waals surface area contributed by atoms with Gasteiger partial charge in [0.1, 0.15) is 41.5 Å². The van der Waals surface area contributed by atoms with Crippen LogP contribution in [-0.4, -0.2) is 114 Å². The first-order valence-electron chi connectivity index (χ1n) is 19.8. The Morgan fingerprint density at radius 1 is 0.797 bits per heavy atom. The van der Waals surface area contributed by atoms with Gasteiger partial charge in [-0.15, -0.1) is 0 Å². The van der Waals surface area contributed by atoms with Gasteiger partial charge in [-0.3, -0.25) is 19.0 Å². The Kier molecular flexibility index (Phi) is 18.9. The van der Waals surface area contributed by atoms with Crippen molar-refractivity contribution >= 4 is 53.4 Å². The number of carbonyl (C=O) groups excluding carboxylic acids is 7. The Bertz CT molecular complexity index is 1770. The van der Waals surface area contributed by atoms with Crippen LogP contribution in [0.15, 0.2) is 43.1 Å². The summed E-state index contributed by atoms with van der Waals surface area (Å²) in [5, 5.41) is 11.2. The highest BCUT2D eigenvalue weighted by Crippen LogP contribution is 2.26. The summed E-state index contributed by atoms with van der Waals surface area (Å²) >= 11 is 0. The van der Waals surface area contributed by atoms with Crippen LogP contribution in [0.1, 0.15) is 100.0 Å². The predicted octanol–water partition coefficient (Wildman–Crippen LogP) is 5.12. The quantitative estimate of drug-likeness (QED) is 0.0452. The molecule has 2 rings (SSSR count). The molecule has 328 valence electrons. The fourth-order valence-electron chi connectivity index (χ4n) is 5.79. The molecule has 5 amide bonds. The second-order valence-corrected chi connectivity index (χ2v) is 17.0. The minimum atomic E-state index is -1.23. The molecule has 17 nitrogen and oxygen atoms in total. The fraction of sp³-hybridized carbons (Fsp3) is 0.595. The van der Waals surface area contributed by atoms with E-state index in [-0.39, 0.29) is 45.4 Å². The van der Waals surface area contributed by atoms with Crippen molar-refractivity contribution in [2.75, 3.05) is 26.7 Å². The van der Waals surface area contributed by atoms with Gasteiger partial charge in [0.15, 0.2) is 0 Å². The van der Waals surface area contributed by atoms with Crippen LogP contribution in [0, 0.1) is 0 Å². The van der Waals surface area contributed by atoms with Gasteiger partial charge in [-0.05, 0) is 106 Å². The van der Waals surface area contributed by atoms with E-state index < -0.39 is 71.0 Å². The molecule has 0 fully saturated rings. The number of para-hydroxylation sites is 1. The fourth-order valence-corrected chi connectivity index (χ4v) is 5.79. The Labute approximate surface area is 347 Å². The first kappa shape index (κ1) is 49.5. The molecule has 1 heterocycles. The lowest BCUT2D eigenvalue weighted by molar-refractivity contribution is -0.154. The number of fused-ring (bicyclic) bond motifs is 1. The third-order valence-corrected chi connectivity index (χ3v) is 8.35. The van der Waals surface area contributed by atoms with E-state index in [4.69, 9.17) is 18.9 Å². The molecule has 17 heteroatoms. The van der Waals surface area contributed by atoms with Crippen molar-refractivity contribution in [2.45, 2.75) is 136 Å². The van der Waals surface area contributed by atoms with Crippen molar-refractivity contribution < 1.29 is 52.5 Å². The molecule has 0 saturated carbocycles. The van der Waals surface area contributed by atoms with Gasteiger partial charge < -0.3 is 45.1 Å². The van der Waals surface area contributed by atoms with E-state index in [9.17, 15) is 33.6 Å². The van der Waals surface area contributed by atoms with Crippen molar-refractivity contribution in [1.82, 2.24) is 30.7 Å². The van der Waals surface area contributed by atoms with E-state index in [1.54, 1.807) is 92.8 Å². The zero-order valence-electron chi connectivity index (χ0n) is 36.2. The second kappa shape index (κ2) is 22.5. The molecule has 1 aromatic heterocycles. The molecule has 0 aliphatic heterocycles. The minimum absolute atomic E-state index is 0.0744. The summed E-state index contributed by atoms with van der Waals surface area (Å²) in [7, 11) is 1.42. The number of hydrogen-bond donors (Lipinski definition) is 4. The standard InChI is InChI=1S/C42H64N6O11/c1-12-24-56-36(52)33(25-28-26-48(39(55)59-42(8,9)10)32-21-14-13-18-29(28)32)47(11)35(51)31(19-15-16-22-43-37(53)57-40(2,3)4)46-34(50)30(45-27-49)20-17-23-44-38(54)58-41(5,6)7/h12-14,18,21,26-27,30-31,33H,1,15-17,19-20,22-25H2,2-11H3,(H,43,53)(H,44,54)(H,45,49)(H,46,50). The Morgan fingerprint density at radius 2 is 1.36 bits per heavy atom. The Hall–Kier alpha value is -5.61. The number of hydrogen-bond acceptors (Lipinski definition) is 11. The third kappa shape index (κ3) is 17.8. The summed E-state index contributed by atoms with van der Waals surface area (Å²) in [6.45, 7) is 19.5. The Balaban J connectivity index is 2.41. The Morgan fingerprint density at radius 3 is 1.92 bits per heavy atom. The molecule has 2 aromatic rings. The van der Waals surface area contributed by atoms with Gasteiger partial charge in [-0.1, -0.05) is 30.9 Å². The van der Waals surface area contributed by atoms with Crippen LogP contribution in [0.25, 0.3) is 10.9 Å². The molecule has 0 aliphatic carbocycles. The van der Waals surface area contributed by atoms with E-state index in [0.29, 0.717) is 35.7 Å². The molecule has 1 aromatic carbocycles. The lowest BCUT2D eigenvalue weighted by atomic mass is 10.0. The maximum atomic E-state index is 14.4. The highest BCUT2D eigenvalue weighted by atomic mass is 16.6. The van der Waals surface area contributed by atoms with E-state index in [1.165, 1.54) is 22.6 Å². The van der Waals surface area contributed by atoms with E-state index in [1.807, 2.05) is 0 Å². The van der Waals surface area contributed by atoms with Gasteiger partial charge >= 0.3 is 24.2 Å². The second-order valence-electron chi connectivity index (χ2n) is 17.0. The van der Waals surface area contributed by atoms with Crippen molar-refractivity contribution in [2.24, 2.45) is 0 Å². The maximum Gasteiger partial charge on any atom is 0.419 e. The van der Waals surface area contributed by atoms with E-state index in [0.717, 1.165) is 0 Å². The largest absolute Gasteiger partial charge is 0.460 e. The number of amides is 5. The molecule has 0 saturated heterocycles. The van der Waals surface area contributed by atoms with Crippen molar-refractivity contribution in [3.63, 3.8) is 0 Å². The molecule has 0 spiro atoms. The SMILES string of the molecule is C=CCOC(=O)C(Cc1cn(C(=O)OC(C)(C)C)c2ccccc12)N(C)C(=O)C(CCCCNC(=O)OC(C)(C)C)NC(=O)C(CCCNC(=O)OC(C)(C)C)NC=O. The number of likely N-dealkylation sites (N-methyl/N-ethyl adjacent to an activating group) is 1. The van der Waals surface area contributed by atoms with Gasteiger partial charge in [0, 0.05) is 38.1 Å². The summed E-state index contributed by atoms with van der Waals surface area (Å²) < 4.78 is 23.0. The van der Waals surface area contributed by atoms with Crippen molar-refractivity contribution in [3.8, 4) is 0 Å². The van der Waals surface area contributed by atoms with Crippen LogP contribution in [0.3, 0.4) is 0 Å². The summed E-state index contributed by atoms with van der Waals surface area (Å²) in [4.78, 5) is 92.2. The van der Waals surface area contributed by atoms with Crippen LogP contribution in [-0.2, 0) is 44.5 Å². The molecule has 0 radical (unpaired) electrons. The van der Waals surface area contributed by atoms with Gasteiger partial charge in [0.25, 0.3) is 0 Å². The zero-order chi connectivity index (χ0) is 44.6. The summed E-state index contributed by atoms with van der Waals surface area (Å²) in [5.41, 5.74) is -1.09. The van der Waals surface area contributed by atoms with Crippen molar-refractivity contribution in [3.05, 3.63) is 48.7 Å². The van der Waals surface area contributed by atoms with Crippen LogP contribution in [0.5, 0.6) is 0 Å². The number of rotatable bonds is 20. The summed E-state index contributed by atoms with van der Waals surface area (Å²) in [6.07, 6.45) is 2.62. The molecule has 59 heavy (non-hydrogen) atoms. The van der Waals surface area contributed by atoms with Gasteiger partial charge in [-0.25, -0.2) is 19.2 Å². The number of aromatic nitrogens is 1. The highest BCUT2D eigenvalue weighted by molar-refractivity contribution is 5.94. The zero-order valence-corrected chi connectivity index (χ0v) is 36.2. The van der Waals surface area contributed by atoms with Gasteiger partial charge in [-0.2, -0.15) is 0 Å². The number of ether oxygens (including phenoxy) is 4. The van der Waals surface area contributed by atoms with Crippen LogP contribution >= 0.6 is 0 Å². The number of benzene rings is 1. The van der Waals surface area contributed by atoms with E-state index in [2.05, 4.69) is 27.8 Å². The third-order valence-electron chi connectivity index (χ3n) is 8.35. The normalized spacial score (nSPS) is 13.2. The summed E-state index contributed by atoms with van der Waals surface area (Å²) in [6, 6.07) is 3.58. The first-order chi connectivity index (χ1) is 27.5. The predicted molar refractivity (Wildman–Crippen MR) is 221 cm³/mol. The average Bonchev–Trinajstić information content (AvgIpc) is 3.49. The molecular weight excluding hydrogens is 764 g/mol. The number of alkyl carbamates (subject to hydrolysis) is 2. The minimum Gasteiger partial charge on any atom is -0.460 e. The molecule has 0 aliphatic rings. The molecule has 3 unspecified atom stereocenters. The number of esters is 1. The molecule has 4 N–H and O–H groups in total. The van der Waals surface area contributed by atoms with Crippen LogP contribution in [0.4, 0.5) is 14.4 Å². The monoisotopic (exact) mass is 828 g/mol. The number of nitrogens with one attached hydrogen (secondary N) is 4. The van der Waals surface area contributed by atoms with Crippen LogP contribution < -0.4 is 21.3 Å². The number of carbonyl (C=O) groups is 7. The summed E-state index contributed by atoms with van der Waals surface area (Å²) in [5.74, 6) is -2.05. The van der Waals surface area contributed by atoms with Crippen LogP contribution in [0.2, 0.25) is 0 Å². The average molecular weight is 829 g/mol.